The quantitative estimate of drug-likeness (QED) is 0.841. The normalized spacial score (nSPS) is 17.4. The minimum atomic E-state index is 0.0715. The number of rotatable bonds is 7. The van der Waals surface area contributed by atoms with E-state index in [1.165, 1.54) is 0 Å². The highest BCUT2D eigenvalue weighted by atomic mass is 16.5. The maximum atomic E-state index is 9.89. The minimum absolute atomic E-state index is 0.0715. The average molecular weight is 340 g/mol. The van der Waals surface area contributed by atoms with Crippen molar-refractivity contribution >= 4 is 0 Å². The van der Waals surface area contributed by atoms with Crippen LogP contribution >= 0.6 is 0 Å². The molecule has 1 fully saturated rings. The first-order valence-electron chi connectivity index (χ1n) is 9.14. The van der Waals surface area contributed by atoms with Crippen molar-refractivity contribution in [2.45, 2.75) is 19.6 Å². The molecule has 2 aromatic carbocycles. The average Bonchev–Trinajstić information content (AvgIpc) is 2.69. The Morgan fingerprint density at radius 3 is 2.24 bits per heavy atom. The Labute approximate surface area is 150 Å². The Hall–Kier alpha value is -1.88. The van der Waals surface area contributed by atoms with Crippen LogP contribution in [0.3, 0.4) is 0 Å². The number of likely N-dealkylation sites (N-methyl/N-ethyl adjacent to an activating group) is 1. The molecule has 1 heterocycles. The summed E-state index contributed by atoms with van der Waals surface area (Å²) < 4.78 is 5.85. The first-order valence-corrected chi connectivity index (χ1v) is 9.14. The molecule has 1 atom stereocenters. The highest BCUT2D eigenvalue weighted by Crippen LogP contribution is 2.24. The van der Waals surface area contributed by atoms with E-state index >= 15 is 0 Å². The summed E-state index contributed by atoms with van der Waals surface area (Å²) >= 11 is 0. The van der Waals surface area contributed by atoms with Gasteiger partial charge in [-0.2, -0.15) is 0 Å². The van der Waals surface area contributed by atoms with E-state index in [4.69, 9.17) is 4.74 Å². The van der Waals surface area contributed by atoms with Crippen LogP contribution in [-0.2, 0) is 6.61 Å². The second kappa shape index (κ2) is 8.99. The van der Waals surface area contributed by atoms with Gasteiger partial charge in [-0.1, -0.05) is 49.4 Å². The topological polar surface area (TPSA) is 35.9 Å². The molecule has 4 heteroatoms. The molecule has 3 rings (SSSR count). The van der Waals surface area contributed by atoms with Gasteiger partial charge < -0.3 is 14.7 Å². The van der Waals surface area contributed by atoms with Crippen LogP contribution in [0.25, 0.3) is 0 Å². The summed E-state index contributed by atoms with van der Waals surface area (Å²) in [7, 11) is 0. The number of aliphatic hydroxyl groups excluding tert-OH is 1. The highest BCUT2D eigenvalue weighted by molar-refractivity contribution is 5.30. The summed E-state index contributed by atoms with van der Waals surface area (Å²) in [5, 5.41) is 9.89. The van der Waals surface area contributed by atoms with Crippen LogP contribution in [0.5, 0.6) is 5.75 Å². The summed E-state index contributed by atoms with van der Waals surface area (Å²) in [6.07, 6.45) is 0. The standard InChI is InChI=1S/C21H28N2O2/c1-2-22-12-14-23(15-13-22)21(16-24)19-8-10-20(11-9-19)25-17-18-6-4-3-5-7-18/h3-11,21,24H,2,12-17H2,1H3. The van der Waals surface area contributed by atoms with E-state index in [9.17, 15) is 5.11 Å². The van der Waals surface area contributed by atoms with Gasteiger partial charge in [-0.3, -0.25) is 4.90 Å². The Morgan fingerprint density at radius 1 is 0.960 bits per heavy atom. The van der Waals surface area contributed by atoms with Crippen LogP contribution in [-0.4, -0.2) is 54.2 Å². The van der Waals surface area contributed by atoms with Crippen LogP contribution < -0.4 is 4.74 Å². The van der Waals surface area contributed by atoms with Gasteiger partial charge in [0.2, 0.25) is 0 Å². The van der Waals surface area contributed by atoms with Gasteiger partial charge in [0.15, 0.2) is 0 Å². The van der Waals surface area contributed by atoms with Crippen molar-refractivity contribution in [3.8, 4) is 5.75 Å². The minimum Gasteiger partial charge on any atom is -0.489 e. The SMILES string of the molecule is CCN1CCN(C(CO)c2ccc(OCc3ccccc3)cc2)CC1. The predicted octanol–water partition coefficient (Wildman–Crippen LogP) is 2.94. The van der Waals surface area contributed by atoms with Gasteiger partial charge in [-0.15, -0.1) is 0 Å². The maximum Gasteiger partial charge on any atom is 0.119 e. The third kappa shape index (κ3) is 4.82. The third-order valence-corrected chi connectivity index (χ3v) is 4.98. The largest absolute Gasteiger partial charge is 0.489 e. The summed E-state index contributed by atoms with van der Waals surface area (Å²) in [6.45, 7) is 8.19. The summed E-state index contributed by atoms with van der Waals surface area (Å²) in [6, 6.07) is 18.4. The second-order valence-electron chi connectivity index (χ2n) is 6.51. The van der Waals surface area contributed by atoms with Crippen molar-refractivity contribution in [1.29, 1.82) is 0 Å². The molecule has 25 heavy (non-hydrogen) atoms. The Morgan fingerprint density at radius 2 is 1.64 bits per heavy atom. The lowest BCUT2D eigenvalue weighted by Crippen LogP contribution is -2.48. The van der Waals surface area contributed by atoms with Gasteiger partial charge in [0.05, 0.1) is 12.6 Å². The van der Waals surface area contributed by atoms with E-state index in [0.29, 0.717) is 6.61 Å². The molecule has 0 aliphatic carbocycles. The van der Waals surface area contributed by atoms with Crippen LogP contribution in [0, 0.1) is 0 Å². The zero-order valence-electron chi connectivity index (χ0n) is 15.0. The molecule has 0 aromatic heterocycles. The van der Waals surface area contributed by atoms with Crippen molar-refractivity contribution in [2.24, 2.45) is 0 Å². The van der Waals surface area contributed by atoms with Crippen LogP contribution in [0.2, 0.25) is 0 Å². The van der Waals surface area contributed by atoms with Gasteiger partial charge in [0, 0.05) is 26.2 Å². The number of nitrogens with zero attached hydrogens (tertiary/aromatic N) is 2. The van der Waals surface area contributed by atoms with Gasteiger partial charge in [-0.05, 0) is 29.8 Å². The van der Waals surface area contributed by atoms with Gasteiger partial charge >= 0.3 is 0 Å². The number of hydrogen-bond donors (Lipinski definition) is 1. The van der Waals surface area contributed by atoms with E-state index in [0.717, 1.165) is 49.6 Å². The number of hydrogen-bond acceptors (Lipinski definition) is 4. The molecule has 1 unspecified atom stereocenters. The van der Waals surface area contributed by atoms with Crippen molar-refractivity contribution in [1.82, 2.24) is 9.80 Å². The van der Waals surface area contributed by atoms with E-state index < -0.39 is 0 Å². The van der Waals surface area contributed by atoms with Gasteiger partial charge in [-0.25, -0.2) is 0 Å². The molecule has 0 saturated carbocycles. The molecular weight excluding hydrogens is 312 g/mol. The van der Waals surface area contributed by atoms with E-state index in [1.54, 1.807) is 0 Å². The zero-order valence-corrected chi connectivity index (χ0v) is 15.0. The lowest BCUT2D eigenvalue weighted by molar-refractivity contribution is 0.0672. The van der Waals surface area contributed by atoms with E-state index in [1.807, 2.05) is 30.3 Å². The molecule has 0 amide bonds. The fraction of sp³-hybridized carbons (Fsp3) is 0.429. The van der Waals surface area contributed by atoms with Crippen molar-refractivity contribution < 1.29 is 9.84 Å². The number of aliphatic hydroxyl groups is 1. The molecule has 1 aliphatic rings. The first kappa shape index (κ1) is 17.9. The summed E-state index contributed by atoms with van der Waals surface area (Å²) in [5.41, 5.74) is 2.31. The predicted molar refractivity (Wildman–Crippen MR) is 101 cm³/mol. The molecule has 1 N–H and O–H groups in total. The molecule has 4 nitrogen and oxygen atoms in total. The van der Waals surface area contributed by atoms with Crippen LogP contribution in [0.1, 0.15) is 24.1 Å². The zero-order chi connectivity index (χ0) is 17.5. The van der Waals surface area contributed by atoms with Crippen molar-refractivity contribution in [2.75, 3.05) is 39.3 Å². The van der Waals surface area contributed by atoms with Crippen LogP contribution in [0.15, 0.2) is 54.6 Å². The smallest absolute Gasteiger partial charge is 0.119 e. The van der Waals surface area contributed by atoms with Gasteiger partial charge in [0.1, 0.15) is 12.4 Å². The molecular formula is C21H28N2O2. The molecule has 0 spiro atoms. The monoisotopic (exact) mass is 340 g/mol. The lowest BCUT2D eigenvalue weighted by Gasteiger charge is -2.38. The molecule has 134 valence electrons. The Balaban J connectivity index is 1.58. The maximum absolute atomic E-state index is 9.89. The highest BCUT2D eigenvalue weighted by Gasteiger charge is 2.23. The molecule has 1 aliphatic heterocycles. The molecule has 0 radical (unpaired) electrons. The lowest BCUT2D eigenvalue weighted by atomic mass is 10.0. The number of piperazine rings is 1. The number of ether oxygens (including phenoxy) is 1. The van der Waals surface area contributed by atoms with Crippen molar-refractivity contribution in [3.63, 3.8) is 0 Å². The van der Waals surface area contributed by atoms with E-state index in [-0.39, 0.29) is 12.6 Å². The third-order valence-electron chi connectivity index (χ3n) is 4.98. The fourth-order valence-corrected chi connectivity index (χ4v) is 3.35. The molecule has 2 aromatic rings. The summed E-state index contributed by atoms with van der Waals surface area (Å²) in [4.78, 5) is 4.83. The Bertz CT molecular complexity index is 622. The first-order chi connectivity index (χ1) is 12.3. The molecule has 0 bridgehead atoms. The van der Waals surface area contributed by atoms with Gasteiger partial charge in [0.25, 0.3) is 0 Å². The van der Waals surface area contributed by atoms with Crippen molar-refractivity contribution in [3.05, 3.63) is 65.7 Å². The summed E-state index contributed by atoms with van der Waals surface area (Å²) in [5.74, 6) is 0.861. The molecule has 1 saturated heterocycles. The second-order valence-corrected chi connectivity index (χ2v) is 6.51. The Kier molecular flexibility index (Phi) is 6.45. The van der Waals surface area contributed by atoms with Crippen LogP contribution in [0.4, 0.5) is 0 Å². The fourth-order valence-electron chi connectivity index (χ4n) is 3.35. The number of benzene rings is 2. The van der Waals surface area contributed by atoms with E-state index in [2.05, 4.69) is 41.0 Å².